The maximum Gasteiger partial charge on any atom is 0.318 e. The fraction of sp³-hybridized carbons (Fsp3) is 0.800. The summed E-state index contributed by atoms with van der Waals surface area (Å²) < 4.78 is 0. The van der Waals surface area contributed by atoms with Gasteiger partial charge in [-0.1, -0.05) is 6.92 Å². The van der Waals surface area contributed by atoms with Crippen LogP contribution < -0.4 is 5.32 Å². The van der Waals surface area contributed by atoms with E-state index in [0.717, 1.165) is 25.8 Å². The van der Waals surface area contributed by atoms with Crippen LogP contribution in [0.2, 0.25) is 0 Å². The molecule has 78 valence electrons. The van der Waals surface area contributed by atoms with Gasteiger partial charge >= 0.3 is 6.03 Å². The van der Waals surface area contributed by atoms with Crippen LogP contribution in [0.5, 0.6) is 0 Å². The first-order chi connectivity index (χ1) is 6.79. The second-order valence-electron chi connectivity index (χ2n) is 3.57. The molecular weight excluding hydrogens is 178 g/mol. The summed E-state index contributed by atoms with van der Waals surface area (Å²) >= 11 is 0. The Morgan fingerprint density at radius 3 is 3.07 bits per heavy atom. The predicted octanol–water partition coefficient (Wildman–Crippen LogP) is 1.48. The van der Waals surface area contributed by atoms with Crippen LogP contribution in [0.1, 0.15) is 32.6 Å². The number of likely N-dealkylation sites (tertiary alicyclic amines) is 1. The van der Waals surface area contributed by atoms with Gasteiger partial charge in [0.25, 0.3) is 0 Å². The number of nitrogens with zero attached hydrogens (tertiary/aromatic N) is 2. The first kappa shape index (κ1) is 10.8. The van der Waals surface area contributed by atoms with Crippen LogP contribution in [-0.2, 0) is 0 Å². The van der Waals surface area contributed by atoms with Gasteiger partial charge in [-0.25, -0.2) is 4.79 Å². The number of hydrogen-bond acceptors (Lipinski definition) is 2. The van der Waals surface area contributed by atoms with Gasteiger partial charge in [-0.2, -0.15) is 5.26 Å². The van der Waals surface area contributed by atoms with E-state index in [4.69, 9.17) is 5.26 Å². The third-order valence-corrected chi connectivity index (χ3v) is 2.68. The Labute approximate surface area is 84.9 Å². The van der Waals surface area contributed by atoms with Gasteiger partial charge in [-0.05, 0) is 25.7 Å². The van der Waals surface area contributed by atoms with E-state index in [1.54, 1.807) is 0 Å². The molecule has 1 N–H and O–H groups in total. The van der Waals surface area contributed by atoms with Crippen molar-refractivity contribution in [1.82, 2.24) is 10.2 Å². The van der Waals surface area contributed by atoms with E-state index in [-0.39, 0.29) is 12.6 Å². The Balaban J connectivity index is 2.46. The number of carbonyl (C=O) groups is 1. The lowest BCUT2D eigenvalue weighted by Crippen LogP contribution is -2.48. The molecule has 1 aliphatic heterocycles. The Morgan fingerprint density at radius 1 is 1.64 bits per heavy atom. The van der Waals surface area contributed by atoms with Gasteiger partial charge in [-0.3, -0.25) is 0 Å². The molecule has 0 saturated carbocycles. The monoisotopic (exact) mass is 195 g/mol. The summed E-state index contributed by atoms with van der Waals surface area (Å²) in [6, 6.07) is 2.19. The Morgan fingerprint density at radius 2 is 2.43 bits per heavy atom. The van der Waals surface area contributed by atoms with Crippen LogP contribution in [0.25, 0.3) is 0 Å². The van der Waals surface area contributed by atoms with Gasteiger partial charge in [-0.15, -0.1) is 0 Å². The smallest absolute Gasteiger partial charge is 0.318 e. The molecule has 1 rings (SSSR count). The minimum Gasteiger partial charge on any atom is -0.325 e. The average molecular weight is 195 g/mol. The molecule has 0 aromatic rings. The number of nitrogens with one attached hydrogen (secondary N) is 1. The summed E-state index contributed by atoms with van der Waals surface area (Å²) in [5.74, 6) is 0. The molecule has 1 unspecified atom stereocenters. The van der Waals surface area contributed by atoms with Gasteiger partial charge in [0.2, 0.25) is 0 Å². The maximum atomic E-state index is 11.6. The second kappa shape index (κ2) is 5.48. The molecule has 4 nitrogen and oxygen atoms in total. The van der Waals surface area contributed by atoms with E-state index in [0.29, 0.717) is 6.04 Å². The van der Waals surface area contributed by atoms with E-state index in [1.165, 1.54) is 6.42 Å². The summed E-state index contributed by atoms with van der Waals surface area (Å²) in [5, 5.41) is 10.9. The number of carbonyl (C=O) groups excluding carboxylic acids is 1. The predicted molar refractivity (Wildman–Crippen MR) is 53.6 cm³/mol. The molecule has 0 aliphatic carbocycles. The van der Waals surface area contributed by atoms with Crippen molar-refractivity contribution in [3.05, 3.63) is 0 Å². The Bertz CT molecular complexity index is 234. The number of piperidine rings is 1. The molecule has 0 aromatic heterocycles. The van der Waals surface area contributed by atoms with Crippen LogP contribution in [0.3, 0.4) is 0 Å². The van der Waals surface area contributed by atoms with Crippen molar-refractivity contribution in [2.75, 3.05) is 13.1 Å². The van der Waals surface area contributed by atoms with E-state index < -0.39 is 0 Å². The van der Waals surface area contributed by atoms with Crippen molar-refractivity contribution in [2.45, 2.75) is 38.6 Å². The SMILES string of the molecule is CCC1CCCCN1C(=O)NCC#N. The number of rotatable bonds is 2. The van der Waals surface area contributed by atoms with E-state index >= 15 is 0 Å². The van der Waals surface area contributed by atoms with Crippen molar-refractivity contribution in [2.24, 2.45) is 0 Å². The fourth-order valence-electron chi connectivity index (χ4n) is 1.91. The lowest BCUT2D eigenvalue weighted by Gasteiger charge is -2.34. The van der Waals surface area contributed by atoms with Gasteiger partial charge < -0.3 is 10.2 Å². The molecule has 0 bridgehead atoms. The zero-order valence-corrected chi connectivity index (χ0v) is 8.62. The van der Waals surface area contributed by atoms with Crippen LogP contribution in [-0.4, -0.2) is 30.1 Å². The standard InChI is InChI=1S/C10H17N3O/c1-2-9-5-3-4-8-13(9)10(14)12-7-6-11/h9H,2-5,7-8H2,1H3,(H,12,14). The summed E-state index contributed by atoms with van der Waals surface area (Å²) in [6.45, 7) is 3.03. The molecule has 0 spiro atoms. The summed E-state index contributed by atoms with van der Waals surface area (Å²) in [7, 11) is 0. The highest BCUT2D eigenvalue weighted by atomic mass is 16.2. The lowest BCUT2D eigenvalue weighted by atomic mass is 10.0. The number of hydrogen-bond donors (Lipinski definition) is 1. The molecule has 4 heteroatoms. The van der Waals surface area contributed by atoms with Crippen LogP contribution >= 0.6 is 0 Å². The molecule has 2 amide bonds. The molecule has 0 aromatic carbocycles. The highest BCUT2D eigenvalue weighted by Crippen LogP contribution is 2.19. The normalized spacial score (nSPS) is 21.4. The highest BCUT2D eigenvalue weighted by Gasteiger charge is 2.24. The van der Waals surface area contributed by atoms with Crippen LogP contribution in [0.4, 0.5) is 4.79 Å². The minimum absolute atomic E-state index is 0.0851. The summed E-state index contributed by atoms with van der Waals surface area (Å²) in [6.07, 6.45) is 4.38. The first-order valence-corrected chi connectivity index (χ1v) is 5.21. The van der Waals surface area contributed by atoms with Crippen molar-refractivity contribution in [3.63, 3.8) is 0 Å². The fourth-order valence-corrected chi connectivity index (χ4v) is 1.91. The van der Waals surface area contributed by atoms with Crippen molar-refractivity contribution >= 4 is 6.03 Å². The average Bonchev–Trinajstić information content (AvgIpc) is 2.25. The minimum atomic E-state index is -0.0851. The molecule has 1 fully saturated rings. The molecule has 1 saturated heterocycles. The summed E-state index contributed by atoms with van der Waals surface area (Å²) in [5.41, 5.74) is 0. The van der Waals surface area contributed by atoms with Gasteiger partial charge in [0.05, 0.1) is 6.07 Å². The van der Waals surface area contributed by atoms with Crippen molar-refractivity contribution in [3.8, 4) is 6.07 Å². The van der Waals surface area contributed by atoms with Crippen LogP contribution in [0.15, 0.2) is 0 Å². The Hall–Kier alpha value is -1.24. The number of amides is 2. The quantitative estimate of drug-likeness (QED) is 0.678. The first-order valence-electron chi connectivity index (χ1n) is 5.21. The third-order valence-electron chi connectivity index (χ3n) is 2.68. The van der Waals surface area contributed by atoms with Gasteiger partial charge in [0.1, 0.15) is 6.54 Å². The third kappa shape index (κ3) is 2.63. The topological polar surface area (TPSA) is 56.1 Å². The van der Waals surface area contributed by atoms with Crippen LogP contribution in [0, 0.1) is 11.3 Å². The zero-order valence-electron chi connectivity index (χ0n) is 8.62. The highest BCUT2D eigenvalue weighted by molar-refractivity contribution is 5.74. The number of urea groups is 1. The molecular formula is C10H17N3O. The van der Waals surface area contributed by atoms with E-state index in [2.05, 4.69) is 12.2 Å². The van der Waals surface area contributed by atoms with E-state index in [9.17, 15) is 4.79 Å². The van der Waals surface area contributed by atoms with Crippen molar-refractivity contribution < 1.29 is 4.79 Å². The van der Waals surface area contributed by atoms with E-state index in [1.807, 2.05) is 11.0 Å². The largest absolute Gasteiger partial charge is 0.325 e. The molecule has 1 aliphatic rings. The maximum absolute atomic E-state index is 11.6. The number of nitriles is 1. The lowest BCUT2D eigenvalue weighted by molar-refractivity contribution is 0.150. The zero-order chi connectivity index (χ0) is 10.4. The Kier molecular flexibility index (Phi) is 4.24. The second-order valence-corrected chi connectivity index (χ2v) is 3.57. The molecule has 1 heterocycles. The van der Waals surface area contributed by atoms with Gasteiger partial charge in [0, 0.05) is 12.6 Å². The van der Waals surface area contributed by atoms with Gasteiger partial charge in [0.15, 0.2) is 0 Å². The van der Waals surface area contributed by atoms with Crippen molar-refractivity contribution in [1.29, 1.82) is 5.26 Å². The summed E-state index contributed by atoms with van der Waals surface area (Å²) in [4.78, 5) is 13.5. The molecule has 1 atom stereocenters. The molecule has 0 radical (unpaired) electrons. The molecule has 14 heavy (non-hydrogen) atoms.